The van der Waals surface area contributed by atoms with Crippen molar-refractivity contribution in [1.82, 2.24) is 26.9 Å². The van der Waals surface area contributed by atoms with Crippen LogP contribution in [-0.4, -0.2) is 37.5 Å². The van der Waals surface area contributed by atoms with Crippen LogP contribution in [0.3, 0.4) is 0 Å². The topological polar surface area (TPSA) is 76.1 Å². The second-order valence-corrected chi connectivity index (χ2v) is 6.84. The van der Waals surface area contributed by atoms with E-state index in [1.807, 2.05) is 38.8 Å². The lowest BCUT2D eigenvalue weighted by Gasteiger charge is -2.19. The molecule has 8 heteroatoms. The smallest absolute Gasteiger partial charge is 0.179 e. The van der Waals surface area contributed by atoms with Gasteiger partial charge in [0.25, 0.3) is 0 Å². The van der Waals surface area contributed by atoms with E-state index in [9.17, 15) is 4.39 Å². The summed E-state index contributed by atoms with van der Waals surface area (Å²) in [5.74, 6) is 0.132. The van der Waals surface area contributed by atoms with Gasteiger partial charge in [-0.25, -0.2) is 20.2 Å². The predicted octanol–water partition coefficient (Wildman–Crippen LogP) is 5.36. The number of unbranched alkanes of at least 4 members (excludes halogenated alkanes) is 1. The number of alkyl halides is 1. The van der Waals surface area contributed by atoms with E-state index in [1.54, 1.807) is 0 Å². The Bertz CT molecular complexity index is 782. The van der Waals surface area contributed by atoms with Crippen LogP contribution in [0, 0.1) is 6.92 Å². The Morgan fingerprint density at radius 2 is 1.62 bits per heavy atom. The molecule has 3 rings (SSSR count). The zero-order valence-electron chi connectivity index (χ0n) is 21.8. The van der Waals surface area contributed by atoms with Crippen molar-refractivity contribution in [3.63, 3.8) is 0 Å². The number of hydrazine groups is 3. The molecule has 0 saturated carbocycles. The van der Waals surface area contributed by atoms with Gasteiger partial charge < -0.3 is 0 Å². The Hall–Kier alpha value is -2.65. The summed E-state index contributed by atoms with van der Waals surface area (Å²) in [6.45, 7) is 17.1. The van der Waals surface area contributed by atoms with Crippen LogP contribution in [0.1, 0.15) is 58.6 Å². The largest absolute Gasteiger partial charge is 0.291 e. The first-order chi connectivity index (χ1) is 16.7. The zero-order chi connectivity index (χ0) is 25.6. The van der Waals surface area contributed by atoms with E-state index in [4.69, 9.17) is 0 Å². The highest BCUT2D eigenvalue weighted by Crippen LogP contribution is 2.23. The molecule has 190 valence electrons. The molecule has 7 nitrogen and oxygen atoms in total. The van der Waals surface area contributed by atoms with Crippen molar-refractivity contribution < 1.29 is 4.39 Å². The standard InChI is InChI=1S/C21H26FN3.2C2H6.CH6N4/c1-4-5-14-25(24-21(15-22)23-3)16-18-10-12-19(13-11-18)20-9-7-6-8-17(20)2;2*1-2;1-2-4-5-3-1/h6-13H,3-5,14-16H2,1-2H3;2*1-2H3;2-5H,1H2/b24-21-;;;. The molecule has 0 bridgehead atoms. The minimum atomic E-state index is -0.696. The van der Waals surface area contributed by atoms with Gasteiger partial charge in [-0.15, -0.1) is 0 Å². The maximum Gasteiger partial charge on any atom is 0.179 e. The van der Waals surface area contributed by atoms with Gasteiger partial charge in [0, 0.05) is 6.54 Å². The summed E-state index contributed by atoms with van der Waals surface area (Å²) in [7, 11) is 0. The first-order valence-corrected chi connectivity index (χ1v) is 12.1. The number of nitrogens with one attached hydrogen (secondary N) is 4. The van der Waals surface area contributed by atoms with Crippen molar-refractivity contribution >= 4 is 12.6 Å². The molecule has 1 heterocycles. The van der Waals surface area contributed by atoms with Crippen LogP contribution in [-0.2, 0) is 6.54 Å². The maximum atomic E-state index is 12.9. The summed E-state index contributed by atoms with van der Waals surface area (Å²) >= 11 is 0. The molecular formula is C26H44FN7. The highest BCUT2D eigenvalue weighted by molar-refractivity contribution is 5.86. The Balaban J connectivity index is 0.00000103. The summed E-state index contributed by atoms with van der Waals surface area (Å²) in [5.41, 5.74) is 15.6. The van der Waals surface area contributed by atoms with Crippen LogP contribution in [0.2, 0.25) is 0 Å². The first-order valence-electron chi connectivity index (χ1n) is 12.1. The molecule has 0 spiro atoms. The third kappa shape index (κ3) is 12.6. The predicted molar refractivity (Wildman–Crippen MR) is 145 cm³/mol. The van der Waals surface area contributed by atoms with E-state index in [-0.39, 0.29) is 5.84 Å². The fourth-order valence-corrected chi connectivity index (χ4v) is 2.89. The minimum Gasteiger partial charge on any atom is -0.291 e. The molecule has 0 aliphatic carbocycles. The Labute approximate surface area is 205 Å². The molecule has 2 aromatic carbocycles. The number of amidine groups is 1. The summed E-state index contributed by atoms with van der Waals surface area (Å²) in [4.78, 5) is 3.64. The van der Waals surface area contributed by atoms with Crippen LogP contribution >= 0.6 is 0 Å². The summed E-state index contributed by atoms with van der Waals surface area (Å²) in [6, 6.07) is 16.8. The normalized spacial score (nSPS) is 12.3. The molecule has 0 aromatic heterocycles. The van der Waals surface area contributed by atoms with Crippen LogP contribution < -0.4 is 21.9 Å². The summed E-state index contributed by atoms with van der Waals surface area (Å²) in [5, 5.41) is 6.16. The van der Waals surface area contributed by atoms with E-state index in [0.717, 1.165) is 31.6 Å². The lowest BCUT2D eigenvalue weighted by atomic mass is 9.99. The molecule has 0 amide bonds. The van der Waals surface area contributed by atoms with Gasteiger partial charge in [0.1, 0.15) is 0 Å². The molecule has 2 aromatic rings. The number of rotatable bonds is 8. The molecule has 0 unspecified atom stereocenters. The molecule has 34 heavy (non-hydrogen) atoms. The molecule has 0 atom stereocenters. The fraction of sp³-hybridized carbons (Fsp3) is 0.462. The Morgan fingerprint density at radius 3 is 2.09 bits per heavy atom. The number of aryl methyl sites for hydroxylation is 1. The van der Waals surface area contributed by atoms with Crippen LogP contribution in [0.4, 0.5) is 4.39 Å². The number of benzene rings is 2. The van der Waals surface area contributed by atoms with Gasteiger partial charge in [0.05, 0.1) is 13.2 Å². The first kappa shape index (κ1) is 31.4. The van der Waals surface area contributed by atoms with Crippen molar-refractivity contribution in [3.05, 3.63) is 59.7 Å². The van der Waals surface area contributed by atoms with Crippen LogP contribution in [0.25, 0.3) is 11.1 Å². The average Bonchev–Trinajstić information content (AvgIpc) is 3.49. The van der Waals surface area contributed by atoms with Gasteiger partial charge in [-0.1, -0.05) is 89.6 Å². The highest BCUT2D eigenvalue weighted by Gasteiger charge is 2.06. The van der Waals surface area contributed by atoms with Crippen molar-refractivity contribution in [2.45, 2.75) is 60.9 Å². The molecule has 1 aliphatic heterocycles. The highest BCUT2D eigenvalue weighted by atomic mass is 19.1. The van der Waals surface area contributed by atoms with Crippen LogP contribution in [0.15, 0.2) is 58.6 Å². The third-order valence-electron chi connectivity index (χ3n) is 4.52. The monoisotopic (exact) mass is 473 g/mol. The summed E-state index contributed by atoms with van der Waals surface area (Å²) < 4.78 is 12.9. The van der Waals surface area contributed by atoms with Crippen molar-refractivity contribution in [3.8, 4) is 11.1 Å². The van der Waals surface area contributed by atoms with Gasteiger partial charge >= 0.3 is 0 Å². The van der Waals surface area contributed by atoms with Gasteiger partial charge in [0.2, 0.25) is 0 Å². The molecule has 1 aliphatic rings. The second kappa shape index (κ2) is 20.9. The number of hydrazone groups is 1. The van der Waals surface area contributed by atoms with Crippen LogP contribution in [0.5, 0.6) is 0 Å². The SMILES string of the molecule is C1NNNN1.C=N/C(CF)=N\N(CCCC)Cc1ccc(-c2ccccc2C)cc1.CC.CC. The quantitative estimate of drug-likeness (QED) is 0.236. The van der Waals surface area contributed by atoms with Gasteiger partial charge in [-0.2, -0.15) is 16.2 Å². The van der Waals surface area contributed by atoms with Crippen molar-refractivity contribution in [2.75, 3.05) is 19.9 Å². The average molecular weight is 474 g/mol. The van der Waals surface area contributed by atoms with E-state index >= 15 is 0 Å². The zero-order valence-corrected chi connectivity index (χ0v) is 21.8. The molecule has 0 radical (unpaired) electrons. The Kier molecular flexibility index (Phi) is 19.3. The third-order valence-corrected chi connectivity index (χ3v) is 4.52. The molecule has 4 N–H and O–H groups in total. The number of hydrogen-bond donors (Lipinski definition) is 4. The Morgan fingerprint density at radius 1 is 1.00 bits per heavy atom. The van der Waals surface area contributed by atoms with Gasteiger partial charge in [-0.3, -0.25) is 5.01 Å². The summed E-state index contributed by atoms with van der Waals surface area (Å²) in [6.07, 6.45) is 2.06. The van der Waals surface area contributed by atoms with Crippen molar-refractivity contribution in [1.29, 1.82) is 0 Å². The lowest BCUT2D eigenvalue weighted by molar-refractivity contribution is 0.273. The number of nitrogens with zero attached hydrogens (tertiary/aromatic N) is 3. The van der Waals surface area contributed by atoms with Gasteiger partial charge in [0.15, 0.2) is 12.5 Å². The minimum absolute atomic E-state index is 0.132. The lowest BCUT2D eigenvalue weighted by Crippen LogP contribution is -2.33. The van der Waals surface area contributed by atoms with Crippen molar-refractivity contribution in [2.24, 2.45) is 10.1 Å². The molecular weight excluding hydrogens is 429 g/mol. The number of hydrogen-bond acceptors (Lipinski definition) is 6. The second-order valence-electron chi connectivity index (χ2n) is 6.84. The van der Waals surface area contributed by atoms with E-state index in [0.29, 0.717) is 6.54 Å². The van der Waals surface area contributed by atoms with Gasteiger partial charge in [-0.05, 0) is 42.3 Å². The molecule has 1 saturated heterocycles. The van der Waals surface area contributed by atoms with E-state index < -0.39 is 6.67 Å². The number of aliphatic imine (C=N–C) groups is 1. The van der Waals surface area contributed by atoms with E-state index in [2.05, 4.69) is 95.0 Å². The molecule has 1 fully saturated rings. The maximum absolute atomic E-state index is 12.9. The van der Waals surface area contributed by atoms with E-state index in [1.165, 1.54) is 16.7 Å². The fourth-order valence-electron chi connectivity index (χ4n) is 2.89. The number of halogens is 1.